The Morgan fingerprint density at radius 3 is 2.74 bits per heavy atom. The van der Waals surface area contributed by atoms with Crippen LogP contribution in [0.25, 0.3) is 11.4 Å². The van der Waals surface area contributed by atoms with Crippen molar-refractivity contribution in [1.82, 2.24) is 19.9 Å². The van der Waals surface area contributed by atoms with Crippen molar-refractivity contribution in [2.75, 3.05) is 13.1 Å². The summed E-state index contributed by atoms with van der Waals surface area (Å²) in [7, 11) is 0. The van der Waals surface area contributed by atoms with Gasteiger partial charge in [0.2, 0.25) is 0 Å². The highest BCUT2D eigenvalue weighted by atomic mass is 19.2. The molecule has 138 valence electrons. The lowest BCUT2D eigenvalue weighted by molar-refractivity contribution is 0.278. The van der Waals surface area contributed by atoms with Crippen molar-refractivity contribution >= 4 is 0 Å². The molecule has 3 heterocycles. The maximum absolute atomic E-state index is 13.4. The molecule has 0 saturated heterocycles. The van der Waals surface area contributed by atoms with Crippen molar-refractivity contribution in [3.63, 3.8) is 0 Å². The molecule has 0 fully saturated rings. The second kappa shape index (κ2) is 7.36. The smallest absolute Gasteiger partial charge is 0.254 e. The van der Waals surface area contributed by atoms with Gasteiger partial charge >= 0.3 is 0 Å². The van der Waals surface area contributed by atoms with Crippen LogP contribution in [0.5, 0.6) is 0 Å². The predicted molar refractivity (Wildman–Crippen MR) is 97.1 cm³/mol. The highest BCUT2D eigenvalue weighted by Gasteiger charge is 2.19. The molecule has 0 spiro atoms. The summed E-state index contributed by atoms with van der Waals surface area (Å²) in [5.41, 5.74) is 2.81. The number of fused-ring (bicyclic) bond motifs is 1. The maximum Gasteiger partial charge on any atom is 0.254 e. The van der Waals surface area contributed by atoms with Crippen LogP contribution in [-0.2, 0) is 19.4 Å². The third kappa shape index (κ3) is 3.78. The Balaban J connectivity index is 1.55. The molecular weight excluding hydrogens is 350 g/mol. The summed E-state index contributed by atoms with van der Waals surface area (Å²) in [4.78, 5) is 26.2. The van der Waals surface area contributed by atoms with Gasteiger partial charge in [-0.1, -0.05) is 6.07 Å². The van der Waals surface area contributed by atoms with E-state index >= 15 is 0 Å². The third-order valence-electron chi connectivity index (χ3n) is 4.77. The minimum Gasteiger partial charge on any atom is -0.306 e. The number of hydrogen-bond acceptors (Lipinski definition) is 4. The van der Waals surface area contributed by atoms with Crippen molar-refractivity contribution in [2.45, 2.75) is 19.4 Å². The van der Waals surface area contributed by atoms with Crippen molar-refractivity contribution in [3.05, 3.63) is 81.5 Å². The van der Waals surface area contributed by atoms with Gasteiger partial charge in [0.15, 0.2) is 11.6 Å². The van der Waals surface area contributed by atoms with Crippen molar-refractivity contribution < 1.29 is 8.78 Å². The standard InChI is InChI=1S/C20H18F2N4O/c21-16-4-3-13(10-17(16)22)12-26-8-5-15-18(6-9-26)24-19(25-20(15)27)14-2-1-7-23-11-14/h1-4,7,10-11H,5-6,8-9,12H2,(H,24,25,27). The van der Waals surface area contributed by atoms with Gasteiger partial charge in [-0.25, -0.2) is 13.8 Å². The van der Waals surface area contributed by atoms with Crippen LogP contribution in [0.4, 0.5) is 8.78 Å². The number of nitrogens with one attached hydrogen (secondary N) is 1. The zero-order valence-corrected chi connectivity index (χ0v) is 14.6. The molecule has 7 heteroatoms. The van der Waals surface area contributed by atoms with Gasteiger partial charge in [0.25, 0.3) is 5.56 Å². The molecule has 1 aliphatic heterocycles. The molecule has 1 aliphatic rings. The number of aromatic amines is 1. The predicted octanol–water partition coefficient (Wildman–Crippen LogP) is 2.71. The topological polar surface area (TPSA) is 61.9 Å². The number of H-pyrrole nitrogens is 1. The van der Waals surface area contributed by atoms with Crippen LogP contribution in [0.3, 0.4) is 0 Å². The summed E-state index contributed by atoms with van der Waals surface area (Å²) in [6, 6.07) is 7.60. The molecule has 0 saturated carbocycles. The van der Waals surface area contributed by atoms with Crippen LogP contribution >= 0.6 is 0 Å². The zero-order chi connectivity index (χ0) is 18.8. The van der Waals surface area contributed by atoms with Crippen molar-refractivity contribution in [2.24, 2.45) is 0 Å². The van der Waals surface area contributed by atoms with Gasteiger partial charge in [0, 0.05) is 49.6 Å². The largest absolute Gasteiger partial charge is 0.306 e. The SMILES string of the molecule is O=c1[nH]c(-c2cccnc2)nc2c1CCN(Cc1ccc(F)c(F)c1)CC2. The summed E-state index contributed by atoms with van der Waals surface area (Å²) in [6.45, 7) is 1.84. The molecule has 0 aliphatic carbocycles. The average molecular weight is 368 g/mol. The number of hydrogen-bond donors (Lipinski definition) is 1. The van der Waals surface area contributed by atoms with Gasteiger partial charge in [0.1, 0.15) is 5.82 Å². The van der Waals surface area contributed by atoms with Crippen LogP contribution in [0.15, 0.2) is 47.5 Å². The molecule has 0 atom stereocenters. The molecule has 4 rings (SSSR count). The molecule has 3 aromatic rings. The Morgan fingerprint density at radius 2 is 1.96 bits per heavy atom. The molecule has 1 aromatic carbocycles. The first-order valence-electron chi connectivity index (χ1n) is 8.79. The van der Waals surface area contributed by atoms with E-state index < -0.39 is 11.6 Å². The second-order valence-corrected chi connectivity index (χ2v) is 6.61. The minimum atomic E-state index is -0.847. The van der Waals surface area contributed by atoms with Crippen molar-refractivity contribution in [1.29, 1.82) is 0 Å². The summed E-state index contributed by atoms with van der Waals surface area (Å²) in [6.07, 6.45) is 4.52. The molecule has 5 nitrogen and oxygen atoms in total. The lowest BCUT2D eigenvalue weighted by atomic mass is 10.1. The number of rotatable bonds is 3. The Kier molecular flexibility index (Phi) is 4.77. The van der Waals surface area contributed by atoms with E-state index in [1.54, 1.807) is 24.5 Å². The van der Waals surface area contributed by atoms with Crippen LogP contribution in [0, 0.1) is 11.6 Å². The van der Waals surface area contributed by atoms with Crippen LogP contribution in [0.1, 0.15) is 16.8 Å². The fourth-order valence-corrected chi connectivity index (χ4v) is 3.35. The van der Waals surface area contributed by atoms with E-state index in [0.29, 0.717) is 49.4 Å². The number of halogens is 2. The minimum absolute atomic E-state index is 0.131. The van der Waals surface area contributed by atoms with E-state index in [-0.39, 0.29) is 5.56 Å². The van der Waals surface area contributed by atoms with Gasteiger partial charge in [-0.15, -0.1) is 0 Å². The number of nitrogens with zero attached hydrogens (tertiary/aromatic N) is 3. The summed E-state index contributed by atoms with van der Waals surface area (Å²) >= 11 is 0. The molecule has 0 radical (unpaired) electrons. The highest BCUT2D eigenvalue weighted by Crippen LogP contribution is 2.18. The fourth-order valence-electron chi connectivity index (χ4n) is 3.35. The summed E-state index contributed by atoms with van der Waals surface area (Å²) in [5.74, 6) is -1.17. The van der Waals surface area contributed by atoms with Gasteiger partial charge in [-0.05, 0) is 36.2 Å². The third-order valence-corrected chi connectivity index (χ3v) is 4.77. The highest BCUT2D eigenvalue weighted by molar-refractivity contribution is 5.53. The first-order chi connectivity index (χ1) is 13.1. The monoisotopic (exact) mass is 368 g/mol. The quantitative estimate of drug-likeness (QED) is 0.772. The first kappa shape index (κ1) is 17.5. The van der Waals surface area contributed by atoms with Crippen molar-refractivity contribution in [3.8, 4) is 11.4 Å². The zero-order valence-electron chi connectivity index (χ0n) is 14.6. The number of benzene rings is 1. The van der Waals surface area contributed by atoms with Crippen LogP contribution < -0.4 is 5.56 Å². The van der Waals surface area contributed by atoms with Gasteiger partial charge < -0.3 is 4.98 Å². The average Bonchev–Trinajstić information content (AvgIpc) is 2.88. The molecule has 1 N–H and O–H groups in total. The van der Waals surface area contributed by atoms with E-state index in [0.717, 1.165) is 17.3 Å². The van der Waals surface area contributed by atoms with Gasteiger partial charge in [0.05, 0.1) is 5.69 Å². The Bertz CT molecular complexity index is 1020. The normalized spacial score (nSPS) is 14.6. The van der Waals surface area contributed by atoms with E-state index in [4.69, 9.17) is 0 Å². The van der Waals surface area contributed by atoms with Gasteiger partial charge in [-0.2, -0.15) is 0 Å². The van der Waals surface area contributed by atoms with E-state index in [9.17, 15) is 13.6 Å². The van der Waals surface area contributed by atoms with E-state index in [2.05, 4.69) is 19.9 Å². The van der Waals surface area contributed by atoms with Crippen LogP contribution in [0.2, 0.25) is 0 Å². The van der Waals surface area contributed by atoms with Crippen LogP contribution in [-0.4, -0.2) is 32.9 Å². The Hall–Kier alpha value is -2.93. The van der Waals surface area contributed by atoms with Gasteiger partial charge in [-0.3, -0.25) is 14.7 Å². The molecular formula is C20H18F2N4O. The lowest BCUT2D eigenvalue weighted by Crippen LogP contribution is -2.26. The summed E-state index contributed by atoms with van der Waals surface area (Å²) < 4.78 is 26.5. The number of aromatic nitrogens is 3. The Labute approximate surface area is 154 Å². The maximum atomic E-state index is 13.4. The molecule has 0 unspecified atom stereocenters. The summed E-state index contributed by atoms with van der Waals surface area (Å²) in [5, 5.41) is 0. The number of pyridine rings is 1. The molecule has 2 aromatic heterocycles. The molecule has 27 heavy (non-hydrogen) atoms. The fraction of sp³-hybridized carbons (Fsp3) is 0.250. The van der Waals surface area contributed by atoms with E-state index in [1.165, 1.54) is 6.07 Å². The lowest BCUT2D eigenvalue weighted by Gasteiger charge is -2.19. The molecule has 0 bridgehead atoms. The Morgan fingerprint density at radius 1 is 1.11 bits per heavy atom. The van der Waals surface area contributed by atoms with E-state index in [1.807, 2.05) is 6.07 Å². The first-order valence-corrected chi connectivity index (χ1v) is 8.79. The molecule has 0 amide bonds. The second-order valence-electron chi connectivity index (χ2n) is 6.61.